The second-order valence-electron chi connectivity index (χ2n) is 5.93. The summed E-state index contributed by atoms with van der Waals surface area (Å²) in [5.41, 5.74) is -0.525. The van der Waals surface area contributed by atoms with Crippen molar-refractivity contribution in [1.29, 1.82) is 0 Å². The molecule has 1 heterocycles. The lowest BCUT2D eigenvalue weighted by Gasteiger charge is -2.19. The first kappa shape index (κ1) is 23.2. The van der Waals surface area contributed by atoms with Gasteiger partial charge in [0.15, 0.2) is 11.6 Å². The van der Waals surface area contributed by atoms with E-state index in [0.717, 1.165) is 26.1 Å². The normalized spacial score (nSPS) is 13.3. The van der Waals surface area contributed by atoms with Crippen LogP contribution in [-0.2, 0) is 11.3 Å². The Morgan fingerprint density at radius 2 is 2.04 bits per heavy atom. The number of rotatable bonds is 9. The zero-order valence-electron chi connectivity index (χ0n) is 16.1. The molecule has 1 aromatic rings. The highest BCUT2D eigenvalue weighted by molar-refractivity contribution is 5.58. The summed E-state index contributed by atoms with van der Waals surface area (Å²) in [6, 6.07) is 0. The number of hydrogen-bond acceptors (Lipinski definition) is 5. The summed E-state index contributed by atoms with van der Waals surface area (Å²) in [5, 5.41) is 7.00. The van der Waals surface area contributed by atoms with Crippen molar-refractivity contribution < 1.29 is 14.2 Å². The van der Waals surface area contributed by atoms with Crippen molar-refractivity contribution in [3.05, 3.63) is 22.5 Å². The zero-order valence-corrected chi connectivity index (χ0v) is 16.1. The molecule has 1 unspecified atom stereocenters. The van der Waals surface area contributed by atoms with Gasteiger partial charge < -0.3 is 14.7 Å². The van der Waals surface area contributed by atoms with Crippen molar-refractivity contribution in [2.45, 2.75) is 46.3 Å². The van der Waals surface area contributed by atoms with E-state index in [0.29, 0.717) is 12.5 Å². The number of aliphatic hydroxyl groups is 1. The van der Waals surface area contributed by atoms with Crippen LogP contribution in [0.4, 0.5) is 10.2 Å². The average Bonchev–Trinajstić information content (AvgIpc) is 2.61. The van der Waals surface area contributed by atoms with E-state index in [2.05, 4.69) is 23.8 Å². The van der Waals surface area contributed by atoms with Crippen molar-refractivity contribution in [2.75, 3.05) is 27.8 Å². The maximum atomic E-state index is 14.0. The fraction of sp³-hybridized carbons (Fsp3) is 0.706. The predicted octanol–water partition coefficient (Wildman–Crippen LogP) is 2.05. The molecule has 0 aromatic carbocycles. The van der Waals surface area contributed by atoms with Crippen LogP contribution in [0.15, 0.2) is 16.0 Å². The lowest BCUT2D eigenvalue weighted by atomic mass is 10.1. The minimum absolute atomic E-state index is 0.140. The molecule has 7 nitrogen and oxygen atoms in total. The third-order valence-electron chi connectivity index (χ3n) is 3.51. The molecule has 0 amide bonds. The van der Waals surface area contributed by atoms with Crippen LogP contribution in [0, 0.1) is 11.7 Å². The van der Waals surface area contributed by atoms with Gasteiger partial charge in [0.1, 0.15) is 0 Å². The van der Waals surface area contributed by atoms with Gasteiger partial charge in [-0.2, -0.15) is 4.98 Å². The van der Waals surface area contributed by atoms with Crippen LogP contribution in [0.5, 0.6) is 0 Å². The first-order valence-corrected chi connectivity index (χ1v) is 8.41. The molecule has 1 rings (SSSR count). The van der Waals surface area contributed by atoms with Crippen LogP contribution < -0.4 is 5.69 Å². The summed E-state index contributed by atoms with van der Waals surface area (Å²) in [6.07, 6.45) is 4.18. The van der Waals surface area contributed by atoms with Crippen LogP contribution in [0.3, 0.4) is 0 Å². The Morgan fingerprint density at radius 1 is 1.40 bits per heavy atom. The first-order valence-electron chi connectivity index (χ1n) is 8.41. The van der Waals surface area contributed by atoms with Crippen LogP contribution in [0.2, 0.25) is 0 Å². The molecule has 8 heteroatoms. The second-order valence-corrected chi connectivity index (χ2v) is 5.93. The number of aliphatic hydroxyl groups excluding tert-OH is 1. The van der Waals surface area contributed by atoms with Crippen molar-refractivity contribution in [2.24, 2.45) is 10.9 Å². The summed E-state index contributed by atoms with van der Waals surface area (Å²) < 4.78 is 21.1. The molecule has 2 atom stereocenters. The molecule has 0 aliphatic rings. The SMILES string of the molecule is CCC(C)CO[C@@H](CC)Cn1cc(F)c(N=CN(C)C)nc1=O.CO. The number of nitrogens with zero attached hydrogens (tertiary/aromatic N) is 4. The van der Waals surface area contributed by atoms with Gasteiger partial charge in [0.05, 0.1) is 19.0 Å². The van der Waals surface area contributed by atoms with Crippen molar-refractivity contribution in [1.82, 2.24) is 14.5 Å². The number of ether oxygens (including phenoxy) is 1. The van der Waals surface area contributed by atoms with Crippen molar-refractivity contribution >= 4 is 12.2 Å². The van der Waals surface area contributed by atoms with Crippen LogP contribution in [-0.4, -0.2) is 59.8 Å². The van der Waals surface area contributed by atoms with E-state index in [1.165, 1.54) is 10.9 Å². The Hall–Kier alpha value is -1.80. The van der Waals surface area contributed by atoms with Crippen molar-refractivity contribution in [3.8, 4) is 0 Å². The van der Waals surface area contributed by atoms with Gasteiger partial charge in [-0.3, -0.25) is 4.57 Å². The maximum Gasteiger partial charge on any atom is 0.349 e. The monoisotopic (exact) mass is 358 g/mol. The predicted molar refractivity (Wildman–Crippen MR) is 97.9 cm³/mol. The Labute approximate surface area is 149 Å². The van der Waals surface area contributed by atoms with E-state index in [4.69, 9.17) is 9.84 Å². The summed E-state index contributed by atoms with van der Waals surface area (Å²) in [4.78, 5) is 21.2. The van der Waals surface area contributed by atoms with E-state index in [-0.39, 0.29) is 18.5 Å². The van der Waals surface area contributed by atoms with E-state index < -0.39 is 11.5 Å². The van der Waals surface area contributed by atoms with Crippen LogP contribution >= 0.6 is 0 Å². The van der Waals surface area contributed by atoms with E-state index in [9.17, 15) is 9.18 Å². The molecular formula is C17H31FN4O3. The Balaban J connectivity index is 0.00000277. The number of aliphatic imine (C=N–C) groups is 1. The molecule has 0 aliphatic carbocycles. The Morgan fingerprint density at radius 3 is 2.56 bits per heavy atom. The molecule has 144 valence electrons. The lowest BCUT2D eigenvalue weighted by Crippen LogP contribution is -2.30. The van der Waals surface area contributed by atoms with Gasteiger partial charge in [0.25, 0.3) is 0 Å². The molecule has 25 heavy (non-hydrogen) atoms. The number of hydrogen-bond donors (Lipinski definition) is 1. The van der Waals surface area contributed by atoms with E-state index >= 15 is 0 Å². The Bertz CT molecular complexity index is 576. The van der Waals surface area contributed by atoms with Gasteiger partial charge in [-0.15, -0.1) is 0 Å². The molecule has 0 radical (unpaired) electrons. The molecule has 0 spiro atoms. The second kappa shape index (κ2) is 12.5. The van der Waals surface area contributed by atoms with Gasteiger partial charge in [0.2, 0.25) is 0 Å². The first-order chi connectivity index (χ1) is 11.9. The van der Waals surface area contributed by atoms with Crippen molar-refractivity contribution in [3.63, 3.8) is 0 Å². The van der Waals surface area contributed by atoms with E-state index in [1.807, 2.05) is 6.92 Å². The zero-order chi connectivity index (χ0) is 19.4. The fourth-order valence-corrected chi connectivity index (χ4v) is 1.79. The smallest absolute Gasteiger partial charge is 0.349 e. The molecule has 0 aliphatic heterocycles. The third-order valence-corrected chi connectivity index (χ3v) is 3.51. The van der Waals surface area contributed by atoms with Gasteiger partial charge in [0, 0.05) is 34.0 Å². The topological polar surface area (TPSA) is 80.0 Å². The maximum absolute atomic E-state index is 14.0. The summed E-state index contributed by atoms with van der Waals surface area (Å²) in [6.45, 7) is 7.10. The molecule has 0 saturated heterocycles. The van der Waals surface area contributed by atoms with Gasteiger partial charge in [-0.1, -0.05) is 27.2 Å². The van der Waals surface area contributed by atoms with E-state index in [1.54, 1.807) is 19.0 Å². The molecule has 1 aromatic heterocycles. The molecule has 0 saturated carbocycles. The number of halogens is 1. The largest absolute Gasteiger partial charge is 0.400 e. The molecule has 1 N–H and O–H groups in total. The third kappa shape index (κ3) is 8.74. The highest BCUT2D eigenvalue weighted by Crippen LogP contribution is 2.12. The average molecular weight is 358 g/mol. The quantitative estimate of drug-likeness (QED) is 0.540. The molecule has 0 fully saturated rings. The highest BCUT2D eigenvalue weighted by atomic mass is 19.1. The lowest BCUT2D eigenvalue weighted by molar-refractivity contribution is 0.0185. The van der Waals surface area contributed by atoms with Gasteiger partial charge in [-0.05, 0) is 12.3 Å². The van der Waals surface area contributed by atoms with Gasteiger partial charge in [-0.25, -0.2) is 14.2 Å². The standard InChI is InChI=1S/C16H27FN4O2.CH4O/c1-6-12(3)10-23-13(7-2)8-21-9-14(17)15(19-16(21)22)18-11-20(4)5;1-2/h9,11-13H,6-8,10H2,1-5H3;2H,1H3/t12?,13-;/m0./s1. The summed E-state index contributed by atoms with van der Waals surface area (Å²) in [5.74, 6) is -0.369. The minimum atomic E-state index is -0.625. The van der Waals surface area contributed by atoms with Crippen LogP contribution in [0.25, 0.3) is 0 Å². The summed E-state index contributed by atoms with van der Waals surface area (Å²) in [7, 11) is 4.51. The highest BCUT2D eigenvalue weighted by Gasteiger charge is 2.13. The summed E-state index contributed by atoms with van der Waals surface area (Å²) >= 11 is 0. The van der Waals surface area contributed by atoms with Gasteiger partial charge >= 0.3 is 5.69 Å². The van der Waals surface area contributed by atoms with Crippen LogP contribution in [0.1, 0.15) is 33.6 Å². The molecular weight excluding hydrogens is 327 g/mol. The Kier molecular flexibility index (Phi) is 11.6. The number of aromatic nitrogens is 2. The molecule has 0 bridgehead atoms. The fourth-order valence-electron chi connectivity index (χ4n) is 1.79. The minimum Gasteiger partial charge on any atom is -0.400 e.